The third-order valence-electron chi connectivity index (χ3n) is 3.85. The van der Waals surface area contributed by atoms with Crippen molar-refractivity contribution in [3.63, 3.8) is 0 Å². The first-order valence-corrected chi connectivity index (χ1v) is 7.44. The number of hydrogen-bond acceptors (Lipinski definition) is 4. The Morgan fingerprint density at radius 3 is 2.71 bits per heavy atom. The number of nitrogens with one attached hydrogen (secondary N) is 2. The van der Waals surface area contributed by atoms with Gasteiger partial charge in [0.15, 0.2) is 0 Å². The van der Waals surface area contributed by atoms with Gasteiger partial charge >= 0.3 is 0 Å². The molecule has 1 aliphatic carbocycles. The molecule has 0 bridgehead atoms. The van der Waals surface area contributed by atoms with Crippen molar-refractivity contribution in [2.24, 2.45) is 5.92 Å². The summed E-state index contributed by atoms with van der Waals surface area (Å²) in [5, 5.41) is 5.52. The van der Waals surface area contributed by atoms with Crippen LogP contribution >= 0.6 is 0 Å². The van der Waals surface area contributed by atoms with Crippen molar-refractivity contribution in [1.82, 2.24) is 20.6 Å². The van der Waals surface area contributed by atoms with E-state index in [4.69, 9.17) is 0 Å². The second-order valence-electron chi connectivity index (χ2n) is 5.38. The summed E-state index contributed by atoms with van der Waals surface area (Å²) in [4.78, 5) is 32.1. The van der Waals surface area contributed by atoms with Gasteiger partial charge < -0.3 is 10.6 Å². The summed E-state index contributed by atoms with van der Waals surface area (Å²) in [6.07, 6.45) is 6.33. The second kappa shape index (κ2) is 7.15. The highest BCUT2D eigenvalue weighted by molar-refractivity contribution is 5.94. The van der Waals surface area contributed by atoms with E-state index in [0.29, 0.717) is 30.0 Å². The molecule has 1 saturated carbocycles. The molecule has 0 aliphatic heterocycles. The van der Waals surface area contributed by atoms with Crippen LogP contribution in [0, 0.1) is 12.8 Å². The predicted molar refractivity (Wildman–Crippen MR) is 78.8 cm³/mol. The number of hydrogen-bond donors (Lipinski definition) is 2. The number of nitrogens with zero attached hydrogens (tertiary/aromatic N) is 2. The molecule has 0 saturated heterocycles. The molecule has 2 amide bonds. The van der Waals surface area contributed by atoms with E-state index in [9.17, 15) is 9.59 Å². The topological polar surface area (TPSA) is 84.0 Å². The van der Waals surface area contributed by atoms with Crippen LogP contribution in [0.15, 0.2) is 6.20 Å². The SMILES string of the molecule is CNC(=O)c1cnc(C)nc1CCNC(=O)C1CCCC1. The van der Waals surface area contributed by atoms with Crippen molar-refractivity contribution in [3.05, 3.63) is 23.3 Å². The molecule has 21 heavy (non-hydrogen) atoms. The van der Waals surface area contributed by atoms with Gasteiger partial charge in [0.2, 0.25) is 5.91 Å². The molecule has 0 atom stereocenters. The zero-order valence-corrected chi connectivity index (χ0v) is 12.6. The highest BCUT2D eigenvalue weighted by atomic mass is 16.2. The minimum atomic E-state index is -0.202. The molecular formula is C15H22N4O2. The van der Waals surface area contributed by atoms with Crippen LogP contribution in [-0.4, -0.2) is 35.4 Å². The average Bonchev–Trinajstić information content (AvgIpc) is 3.01. The van der Waals surface area contributed by atoms with Crippen LogP contribution < -0.4 is 10.6 Å². The van der Waals surface area contributed by atoms with Crippen LogP contribution in [0.4, 0.5) is 0 Å². The van der Waals surface area contributed by atoms with Gasteiger partial charge in [-0.15, -0.1) is 0 Å². The highest BCUT2D eigenvalue weighted by Crippen LogP contribution is 2.24. The lowest BCUT2D eigenvalue weighted by Gasteiger charge is -2.11. The Bertz CT molecular complexity index is 524. The fourth-order valence-electron chi connectivity index (χ4n) is 2.67. The van der Waals surface area contributed by atoms with Crippen molar-refractivity contribution in [2.75, 3.05) is 13.6 Å². The smallest absolute Gasteiger partial charge is 0.254 e. The van der Waals surface area contributed by atoms with Crippen molar-refractivity contribution in [3.8, 4) is 0 Å². The van der Waals surface area contributed by atoms with Gasteiger partial charge in [0, 0.05) is 32.1 Å². The summed E-state index contributed by atoms with van der Waals surface area (Å²) in [5.74, 6) is 0.710. The lowest BCUT2D eigenvalue weighted by Crippen LogP contribution is -2.31. The molecule has 0 unspecified atom stereocenters. The molecule has 114 valence electrons. The van der Waals surface area contributed by atoms with Crippen LogP contribution in [0.25, 0.3) is 0 Å². The second-order valence-corrected chi connectivity index (χ2v) is 5.38. The zero-order valence-electron chi connectivity index (χ0n) is 12.6. The minimum Gasteiger partial charge on any atom is -0.355 e. The predicted octanol–water partition coefficient (Wildman–Crippen LogP) is 0.994. The number of carbonyl (C=O) groups excluding carboxylic acids is 2. The molecule has 6 nitrogen and oxygen atoms in total. The number of rotatable bonds is 5. The molecular weight excluding hydrogens is 268 g/mol. The highest BCUT2D eigenvalue weighted by Gasteiger charge is 2.22. The average molecular weight is 290 g/mol. The first-order valence-electron chi connectivity index (χ1n) is 7.44. The third kappa shape index (κ3) is 4.00. The Balaban J connectivity index is 1.94. The van der Waals surface area contributed by atoms with Crippen molar-refractivity contribution < 1.29 is 9.59 Å². The molecule has 0 aromatic carbocycles. The molecule has 0 radical (unpaired) electrons. The van der Waals surface area contributed by atoms with Gasteiger partial charge in [0.1, 0.15) is 5.82 Å². The van der Waals surface area contributed by atoms with Crippen LogP contribution in [0.2, 0.25) is 0 Å². The van der Waals surface area contributed by atoms with E-state index in [1.165, 1.54) is 6.20 Å². The Labute approximate surface area is 124 Å². The fraction of sp³-hybridized carbons (Fsp3) is 0.600. The Morgan fingerprint density at radius 1 is 1.33 bits per heavy atom. The summed E-state index contributed by atoms with van der Waals surface area (Å²) in [6.45, 7) is 2.28. The van der Waals surface area contributed by atoms with E-state index >= 15 is 0 Å². The minimum absolute atomic E-state index is 0.125. The normalized spacial score (nSPS) is 15.0. The van der Waals surface area contributed by atoms with Gasteiger partial charge in [0.05, 0.1) is 11.3 Å². The van der Waals surface area contributed by atoms with E-state index < -0.39 is 0 Å². The van der Waals surface area contributed by atoms with E-state index in [0.717, 1.165) is 25.7 Å². The van der Waals surface area contributed by atoms with Crippen molar-refractivity contribution in [1.29, 1.82) is 0 Å². The van der Waals surface area contributed by atoms with E-state index in [1.54, 1.807) is 14.0 Å². The van der Waals surface area contributed by atoms with Gasteiger partial charge in [-0.3, -0.25) is 9.59 Å². The Hall–Kier alpha value is -1.98. The van der Waals surface area contributed by atoms with Gasteiger partial charge in [-0.2, -0.15) is 0 Å². The van der Waals surface area contributed by atoms with Gasteiger partial charge in [-0.05, 0) is 19.8 Å². The zero-order chi connectivity index (χ0) is 15.2. The quantitative estimate of drug-likeness (QED) is 0.847. The standard InChI is InChI=1S/C15H22N4O2/c1-10-18-9-12(15(21)16-2)13(19-10)7-8-17-14(20)11-5-3-4-6-11/h9,11H,3-8H2,1-2H3,(H,16,21)(H,17,20). The number of amides is 2. The molecule has 0 spiro atoms. The lowest BCUT2D eigenvalue weighted by atomic mass is 10.1. The molecule has 1 aliphatic rings. The van der Waals surface area contributed by atoms with Gasteiger partial charge in [0.25, 0.3) is 5.91 Å². The molecule has 1 aromatic rings. The Morgan fingerprint density at radius 2 is 2.05 bits per heavy atom. The van der Waals surface area contributed by atoms with Crippen LogP contribution in [-0.2, 0) is 11.2 Å². The molecule has 1 fully saturated rings. The number of aromatic nitrogens is 2. The maximum absolute atomic E-state index is 12.0. The number of aryl methyl sites for hydroxylation is 1. The first kappa shape index (κ1) is 15.4. The van der Waals surface area contributed by atoms with Crippen LogP contribution in [0.1, 0.15) is 47.6 Å². The maximum Gasteiger partial charge on any atom is 0.254 e. The summed E-state index contributed by atoms with van der Waals surface area (Å²) in [5.41, 5.74) is 1.15. The molecule has 1 aromatic heterocycles. The summed E-state index contributed by atoms with van der Waals surface area (Å²) in [6, 6.07) is 0. The van der Waals surface area contributed by atoms with E-state index in [2.05, 4.69) is 20.6 Å². The summed E-state index contributed by atoms with van der Waals surface area (Å²) < 4.78 is 0. The number of carbonyl (C=O) groups is 2. The maximum atomic E-state index is 12.0. The molecule has 6 heteroatoms. The van der Waals surface area contributed by atoms with Crippen molar-refractivity contribution in [2.45, 2.75) is 39.0 Å². The van der Waals surface area contributed by atoms with Crippen LogP contribution in [0.5, 0.6) is 0 Å². The monoisotopic (exact) mass is 290 g/mol. The molecule has 2 N–H and O–H groups in total. The summed E-state index contributed by atoms with van der Waals surface area (Å²) in [7, 11) is 1.58. The largest absolute Gasteiger partial charge is 0.355 e. The lowest BCUT2D eigenvalue weighted by molar-refractivity contribution is -0.124. The van der Waals surface area contributed by atoms with E-state index in [-0.39, 0.29) is 17.7 Å². The summed E-state index contributed by atoms with van der Waals surface area (Å²) >= 11 is 0. The van der Waals surface area contributed by atoms with Crippen molar-refractivity contribution >= 4 is 11.8 Å². The van der Waals surface area contributed by atoms with Gasteiger partial charge in [-0.1, -0.05) is 12.8 Å². The van der Waals surface area contributed by atoms with Gasteiger partial charge in [-0.25, -0.2) is 9.97 Å². The van der Waals surface area contributed by atoms with E-state index in [1.807, 2.05) is 0 Å². The fourth-order valence-corrected chi connectivity index (χ4v) is 2.67. The molecule has 2 rings (SSSR count). The third-order valence-corrected chi connectivity index (χ3v) is 3.85. The first-order chi connectivity index (χ1) is 10.1. The Kier molecular flexibility index (Phi) is 5.25. The van der Waals surface area contributed by atoms with Crippen LogP contribution in [0.3, 0.4) is 0 Å². The molecule has 1 heterocycles.